The number of carbonyl (C=O) groups is 3. The predicted octanol–water partition coefficient (Wildman–Crippen LogP) is 2.83. The molecule has 12 heteroatoms. The van der Waals surface area contributed by atoms with E-state index in [1.54, 1.807) is 36.4 Å². The lowest BCUT2D eigenvalue weighted by Gasteiger charge is -2.31. The van der Waals surface area contributed by atoms with Crippen molar-refractivity contribution in [3.8, 4) is 5.75 Å². The van der Waals surface area contributed by atoms with Crippen molar-refractivity contribution in [2.75, 3.05) is 20.2 Å². The fourth-order valence-corrected chi connectivity index (χ4v) is 5.24. The zero-order valence-electron chi connectivity index (χ0n) is 20.3. The summed E-state index contributed by atoms with van der Waals surface area (Å²) in [5.41, 5.74) is 6.91. The number of nitrogens with one attached hydrogen (secondary N) is 3. The van der Waals surface area contributed by atoms with E-state index >= 15 is 0 Å². The van der Waals surface area contributed by atoms with Crippen LogP contribution in [0.4, 0.5) is 0 Å². The summed E-state index contributed by atoms with van der Waals surface area (Å²) < 4.78 is 5.48. The SMILES string of the molecule is COc1cc(C(=O)N2CCC(c3nc(C(=O)NNC(=O)c4cc(C)[nH]n4)cs3)CC2)nc2ccccc12. The molecule has 1 saturated heterocycles. The normalized spacial score (nSPS) is 13.9. The first-order chi connectivity index (χ1) is 17.9. The minimum Gasteiger partial charge on any atom is -0.496 e. The summed E-state index contributed by atoms with van der Waals surface area (Å²) >= 11 is 1.40. The van der Waals surface area contributed by atoms with E-state index in [-0.39, 0.29) is 23.2 Å². The highest BCUT2D eigenvalue weighted by Crippen LogP contribution is 2.31. The number of piperidine rings is 1. The number of fused-ring (bicyclic) bond motifs is 1. The highest BCUT2D eigenvalue weighted by atomic mass is 32.1. The first kappa shape index (κ1) is 24.4. The Morgan fingerprint density at radius 3 is 2.46 bits per heavy atom. The standard InChI is InChI=1S/C25H25N7O4S/c1-14-11-18(29-28-14)22(33)30-31-23(34)20-13-37-24(27-20)15-7-9-32(10-8-15)25(35)19-12-21(36-2)16-5-3-4-6-17(16)26-19/h3-6,11-13,15H,7-10H2,1-2H3,(H,28,29)(H,30,33)(H,31,34). The fourth-order valence-electron chi connectivity index (χ4n) is 4.27. The van der Waals surface area contributed by atoms with Crippen molar-refractivity contribution >= 4 is 40.0 Å². The quantitative estimate of drug-likeness (QED) is 0.344. The number of nitrogens with zero attached hydrogens (tertiary/aromatic N) is 4. The number of H-pyrrole nitrogens is 1. The zero-order chi connectivity index (χ0) is 25.9. The molecule has 0 aliphatic carbocycles. The second-order valence-electron chi connectivity index (χ2n) is 8.71. The van der Waals surface area contributed by atoms with Crippen molar-refractivity contribution in [1.82, 2.24) is 35.9 Å². The topological polar surface area (TPSA) is 142 Å². The van der Waals surface area contributed by atoms with Gasteiger partial charge in [-0.1, -0.05) is 12.1 Å². The Labute approximate surface area is 216 Å². The van der Waals surface area contributed by atoms with E-state index in [2.05, 4.69) is 31.0 Å². The molecule has 0 atom stereocenters. The van der Waals surface area contributed by atoms with Crippen LogP contribution >= 0.6 is 11.3 Å². The summed E-state index contributed by atoms with van der Waals surface area (Å²) in [5, 5.41) is 9.88. The van der Waals surface area contributed by atoms with Crippen LogP contribution in [-0.4, -0.2) is 63.0 Å². The summed E-state index contributed by atoms with van der Waals surface area (Å²) in [6.07, 6.45) is 1.44. The predicted molar refractivity (Wildman–Crippen MR) is 137 cm³/mol. The summed E-state index contributed by atoms with van der Waals surface area (Å²) in [7, 11) is 1.58. The molecule has 1 aliphatic rings. The molecule has 0 unspecified atom stereocenters. The molecule has 0 bridgehead atoms. The second kappa shape index (κ2) is 10.3. The number of benzene rings is 1. The minimum atomic E-state index is -0.524. The summed E-state index contributed by atoms with van der Waals surface area (Å²) in [4.78, 5) is 48.5. The molecule has 1 aromatic carbocycles. The van der Waals surface area contributed by atoms with Gasteiger partial charge in [0.25, 0.3) is 17.7 Å². The van der Waals surface area contributed by atoms with Gasteiger partial charge in [0.2, 0.25) is 0 Å². The number of likely N-dealkylation sites (tertiary alicyclic amines) is 1. The number of amides is 3. The Bertz CT molecular complexity index is 1470. The largest absolute Gasteiger partial charge is 0.496 e. The van der Waals surface area contributed by atoms with Gasteiger partial charge >= 0.3 is 0 Å². The number of hydrogen-bond donors (Lipinski definition) is 3. The second-order valence-corrected chi connectivity index (χ2v) is 9.60. The molecule has 4 aromatic rings. The van der Waals surface area contributed by atoms with E-state index < -0.39 is 11.8 Å². The van der Waals surface area contributed by atoms with Crippen LogP contribution in [0.1, 0.15) is 60.9 Å². The van der Waals surface area contributed by atoms with Crippen LogP contribution in [0.2, 0.25) is 0 Å². The van der Waals surface area contributed by atoms with E-state index in [1.165, 1.54) is 11.3 Å². The van der Waals surface area contributed by atoms with Crippen LogP contribution in [0.25, 0.3) is 10.9 Å². The van der Waals surface area contributed by atoms with Gasteiger partial charge in [0.1, 0.15) is 17.1 Å². The molecule has 0 radical (unpaired) electrons. The van der Waals surface area contributed by atoms with Crippen molar-refractivity contribution in [2.24, 2.45) is 0 Å². The van der Waals surface area contributed by atoms with E-state index in [0.29, 0.717) is 30.0 Å². The smallest absolute Gasteiger partial charge is 0.290 e. The maximum atomic E-state index is 13.2. The van der Waals surface area contributed by atoms with Crippen LogP contribution in [0, 0.1) is 6.92 Å². The average molecular weight is 520 g/mol. The number of carbonyl (C=O) groups excluding carboxylic acids is 3. The maximum Gasteiger partial charge on any atom is 0.290 e. The third-order valence-corrected chi connectivity index (χ3v) is 7.24. The number of methoxy groups -OCH3 is 1. The van der Waals surface area contributed by atoms with Crippen LogP contribution < -0.4 is 15.6 Å². The highest BCUT2D eigenvalue weighted by Gasteiger charge is 2.28. The molecule has 37 heavy (non-hydrogen) atoms. The molecule has 0 saturated carbocycles. The molecule has 190 valence electrons. The summed E-state index contributed by atoms with van der Waals surface area (Å²) in [6.45, 7) is 2.89. The number of aromatic nitrogens is 4. The highest BCUT2D eigenvalue weighted by molar-refractivity contribution is 7.09. The Kier molecular flexibility index (Phi) is 6.82. The summed E-state index contributed by atoms with van der Waals surface area (Å²) in [6, 6.07) is 10.8. The van der Waals surface area contributed by atoms with Gasteiger partial charge in [0.15, 0.2) is 5.69 Å². The molecular formula is C25H25N7O4S. The molecular weight excluding hydrogens is 494 g/mol. The lowest BCUT2D eigenvalue weighted by Crippen LogP contribution is -2.42. The van der Waals surface area contributed by atoms with Crippen molar-refractivity contribution in [1.29, 1.82) is 0 Å². The van der Waals surface area contributed by atoms with Crippen molar-refractivity contribution in [3.05, 3.63) is 69.6 Å². The third kappa shape index (κ3) is 5.14. The first-order valence-electron chi connectivity index (χ1n) is 11.7. The summed E-state index contributed by atoms with van der Waals surface area (Å²) in [5.74, 6) is -0.412. The Morgan fingerprint density at radius 1 is 1.03 bits per heavy atom. The maximum absolute atomic E-state index is 13.2. The van der Waals surface area contributed by atoms with E-state index in [9.17, 15) is 14.4 Å². The first-order valence-corrected chi connectivity index (χ1v) is 12.6. The van der Waals surface area contributed by atoms with Crippen LogP contribution in [0.3, 0.4) is 0 Å². The number of thiazole rings is 1. The molecule has 1 fully saturated rings. The number of hydrogen-bond acceptors (Lipinski definition) is 8. The van der Waals surface area contributed by atoms with E-state index in [1.807, 2.05) is 24.3 Å². The number of pyridine rings is 1. The van der Waals surface area contributed by atoms with Crippen molar-refractivity contribution < 1.29 is 19.1 Å². The lowest BCUT2D eigenvalue weighted by atomic mass is 9.97. The van der Waals surface area contributed by atoms with Gasteiger partial charge in [-0.3, -0.25) is 30.3 Å². The van der Waals surface area contributed by atoms with E-state index in [0.717, 1.165) is 28.9 Å². The van der Waals surface area contributed by atoms with Crippen LogP contribution in [0.5, 0.6) is 5.75 Å². The van der Waals surface area contributed by atoms with Crippen molar-refractivity contribution in [2.45, 2.75) is 25.7 Å². The number of ether oxygens (including phenoxy) is 1. The molecule has 5 rings (SSSR count). The lowest BCUT2D eigenvalue weighted by molar-refractivity contribution is 0.0706. The molecule has 0 spiro atoms. The van der Waals surface area contributed by atoms with Gasteiger partial charge in [-0.15, -0.1) is 11.3 Å². The zero-order valence-corrected chi connectivity index (χ0v) is 21.1. The Hall–Kier alpha value is -4.32. The number of aryl methyl sites for hydroxylation is 1. The van der Waals surface area contributed by atoms with Crippen LogP contribution in [-0.2, 0) is 0 Å². The van der Waals surface area contributed by atoms with Gasteiger partial charge < -0.3 is 9.64 Å². The fraction of sp³-hybridized carbons (Fsp3) is 0.280. The van der Waals surface area contributed by atoms with E-state index in [4.69, 9.17) is 4.74 Å². The number of para-hydroxylation sites is 1. The van der Waals surface area contributed by atoms with Gasteiger partial charge in [0.05, 0.1) is 17.6 Å². The molecule has 3 aromatic heterocycles. The molecule has 1 aliphatic heterocycles. The van der Waals surface area contributed by atoms with Gasteiger partial charge in [-0.05, 0) is 38.0 Å². The monoisotopic (exact) mass is 519 g/mol. The van der Waals surface area contributed by atoms with Gasteiger partial charge in [0, 0.05) is 41.5 Å². The number of rotatable bonds is 5. The van der Waals surface area contributed by atoms with Gasteiger partial charge in [-0.2, -0.15) is 5.10 Å². The Balaban J connectivity index is 1.18. The minimum absolute atomic E-state index is 0.135. The molecule has 3 amide bonds. The number of hydrazine groups is 1. The molecule has 4 heterocycles. The molecule has 11 nitrogen and oxygen atoms in total. The van der Waals surface area contributed by atoms with Gasteiger partial charge in [-0.25, -0.2) is 9.97 Å². The number of aromatic amines is 1. The average Bonchev–Trinajstić information content (AvgIpc) is 3.60. The van der Waals surface area contributed by atoms with Crippen LogP contribution in [0.15, 0.2) is 41.8 Å². The third-order valence-electron chi connectivity index (χ3n) is 6.23. The molecule has 3 N–H and O–H groups in total. The van der Waals surface area contributed by atoms with Crippen molar-refractivity contribution in [3.63, 3.8) is 0 Å². The Morgan fingerprint density at radius 2 is 1.76 bits per heavy atom.